The molecule has 0 radical (unpaired) electrons. The van der Waals surface area contributed by atoms with E-state index in [1.165, 1.54) is 0 Å². The number of aliphatic imine (C=N–C) groups is 1. The summed E-state index contributed by atoms with van der Waals surface area (Å²) in [5.74, 6) is 0.829. The van der Waals surface area contributed by atoms with Crippen molar-refractivity contribution in [1.29, 1.82) is 0 Å². The fraction of sp³-hybridized carbons (Fsp3) is 0.455. The molecule has 0 saturated carbocycles. The molecule has 0 spiro atoms. The Hall–Kier alpha value is -1.38. The molecule has 1 aromatic heterocycles. The molecule has 0 aromatic carbocycles. The van der Waals surface area contributed by atoms with Crippen molar-refractivity contribution in [2.75, 3.05) is 6.61 Å². The Morgan fingerprint density at radius 3 is 3.07 bits per heavy atom. The third-order valence-corrected chi connectivity index (χ3v) is 2.30. The van der Waals surface area contributed by atoms with E-state index in [-0.39, 0.29) is 0 Å². The summed E-state index contributed by atoms with van der Waals surface area (Å²) >= 11 is 0. The van der Waals surface area contributed by atoms with Gasteiger partial charge in [-0.05, 0) is 18.6 Å². The summed E-state index contributed by atoms with van der Waals surface area (Å²) in [7, 11) is 0. The van der Waals surface area contributed by atoms with Gasteiger partial charge in [0.2, 0.25) is 0 Å². The van der Waals surface area contributed by atoms with Crippen molar-refractivity contribution in [2.24, 2.45) is 4.99 Å². The Morgan fingerprint density at radius 2 is 2.43 bits per heavy atom. The molecule has 0 N–H and O–H groups in total. The summed E-state index contributed by atoms with van der Waals surface area (Å²) in [6.07, 6.45) is 3.56. The zero-order valence-corrected chi connectivity index (χ0v) is 8.31. The van der Waals surface area contributed by atoms with Gasteiger partial charge in [-0.1, -0.05) is 13.0 Å². The number of pyridine rings is 1. The molecule has 14 heavy (non-hydrogen) atoms. The average Bonchev–Trinajstić information content (AvgIpc) is 2.67. The smallest absolute Gasteiger partial charge is 0.189 e. The van der Waals surface area contributed by atoms with Gasteiger partial charge in [0, 0.05) is 11.9 Å². The lowest BCUT2D eigenvalue weighted by Gasteiger charge is -1.99. The molecule has 1 atom stereocenters. The highest BCUT2D eigenvalue weighted by atomic mass is 16.5. The molecule has 0 amide bonds. The molecule has 0 bridgehead atoms. The first-order chi connectivity index (χ1) is 6.88. The van der Waals surface area contributed by atoms with Gasteiger partial charge in [0.1, 0.15) is 6.61 Å². The van der Waals surface area contributed by atoms with Crippen molar-refractivity contribution in [3.05, 3.63) is 30.1 Å². The van der Waals surface area contributed by atoms with Crippen LogP contribution in [-0.2, 0) is 11.2 Å². The number of hydrogen-bond acceptors (Lipinski definition) is 3. The maximum Gasteiger partial charge on any atom is 0.189 e. The van der Waals surface area contributed by atoms with Crippen molar-refractivity contribution in [3.63, 3.8) is 0 Å². The van der Waals surface area contributed by atoms with Crippen LogP contribution in [0.1, 0.15) is 19.0 Å². The third-order valence-electron chi connectivity index (χ3n) is 2.30. The molecule has 2 rings (SSSR count). The molecule has 1 aliphatic heterocycles. The predicted molar refractivity (Wildman–Crippen MR) is 55.4 cm³/mol. The Balaban J connectivity index is 1.99. The van der Waals surface area contributed by atoms with Crippen LogP contribution in [0.5, 0.6) is 0 Å². The zero-order chi connectivity index (χ0) is 9.80. The highest BCUT2D eigenvalue weighted by Crippen LogP contribution is 2.10. The van der Waals surface area contributed by atoms with Gasteiger partial charge in [0.25, 0.3) is 0 Å². The van der Waals surface area contributed by atoms with Crippen molar-refractivity contribution >= 4 is 5.90 Å². The molecule has 3 heteroatoms. The van der Waals surface area contributed by atoms with E-state index in [4.69, 9.17) is 4.74 Å². The van der Waals surface area contributed by atoms with Crippen LogP contribution >= 0.6 is 0 Å². The van der Waals surface area contributed by atoms with Gasteiger partial charge >= 0.3 is 0 Å². The second-order valence-corrected chi connectivity index (χ2v) is 3.39. The van der Waals surface area contributed by atoms with E-state index in [9.17, 15) is 0 Å². The van der Waals surface area contributed by atoms with Crippen LogP contribution in [0.25, 0.3) is 0 Å². The van der Waals surface area contributed by atoms with Gasteiger partial charge in [0.05, 0.1) is 12.5 Å². The lowest BCUT2D eigenvalue weighted by molar-refractivity contribution is 0.309. The SMILES string of the molecule is CCC1COC(Cc2ccccn2)=N1. The van der Waals surface area contributed by atoms with E-state index in [2.05, 4.69) is 16.9 Å². The van der Waals surface area contributed by atoms with Crippen molar-refractivity contribution < 1.29 is 4.74 Å². The molecule has 1 unspecified atom stereocenters. The lowest BCUT2D eigenvalue weighted by atomic mass is 10.2. The minimum Gasteiger partial charge on any atom is -0.478 e. The normalized spacial score (nSPS) is 20.4. The molecular weight excluding hydrogens is 176 g/mol. The zero-order valence-electron chi connectivity index (χ0n) is 8.31. The Morgan fingerprint density at radius 1 is 1.50 bits per heavy atom. The first kappa shape index (κ1) is 9.19. The Kier molecular flexibility index (Phi) is 2.77. The highest BCUT2D eigenvalue weighted by Gasteiger charge is 2.16. The fourth-order valence-electron chi connectivity index (χ4n) is 1.43. The second kappa shape index (κ2) is 4.22. The van der Waals surface area contributed by atoms with E-state index in [1.54, 1.807) is 6.20 Å². The van der Waals surface area contributed by atoms with Crippen LogP contribution in [0.15, 0.2) is 29.4 Å². The van der Waals surface area contributed by atoms with E-state index < -0.39 is 0 Å². The number of aromatic nitrogens is 1. The van der Waals surface area contributed by atoms with Crippen molar-refractivity contribution in [1.82, 2.24) is 4.98 Å². The maximum atomic E-state index is 5.47. The van der Waals surface area contributed by atoms with Gasteiger partial charge < -0.3 is 4.74 Å². The van der Waals surface area contributed by atoms with Crippen LogP contribution < -0.4 is 0 Å². The van der Waals surface area contributed by atoms with Crippen LogP contribution in [-0.4, -0.2) is 23.5 Å². The number of rotatable bonds is 3. The van der Waals surface area contributed by atoms with E-state index in [1.807, 2.05) is 18.2 Å². The number of ether oxygens (including phenoxy) is 1. The first-order valence-electron chi connectivity index (χ1n) is 4.98. The quantitative estimate of drug-likeness (QED) is 0.728. The molecule has 0 fully saturated rings. The minimum absolute atomic E-state index is 0.355. The summed E-state index contributed by atoms with van der Waals surface area (Å²) < 4.78 is 5.47. The highest BCUT2D eigenvalue weighted by molar-refractivity contribution is 5.79. The summed E-state index contributed by atoms with van der Waals surface area (Å²) in [6.45, 7) is 2.86. The molecule has 1 aromatic rings. The lowest BCUT2D eigenvalue weighted by Crippen LogP contribution is -2.05. The first-order valence-corrected chi connectivity index (χ1v) is 4.98. The van der Waals surface area contributed by atoms with Crippen molar-refractivity contribution in [3.8, 4) is 0 Å². The Labute approximate surface area is 83.8 Å². The summed E-state index contributed by atoms with van der Waals surface area (Å²) in [5.41, 5.74) is 1.02. The van der Waals surface area contributed by atoms with Crippen LogP contribution in [0.2, 0.25) is 0 Å². The second-order valence-electron chi connectivity index (χ2n) is 3.39. The van der Waals surface area contributed by atoms with Gasteiger partial charge in [-0.15, -0.1) is 0 Å². The number of hydrogen-bond donors (Lipinski definition) is 0. The molecule has 3 nitrogen and oxygen atoms in total. The molecule has 0 aliphatic carbocycles. The summed E-state index contributed by atoms with van der Waals surface area (Å²) in [6, 6.07) is 6.24. The largest absolute Gasteiger partial charge is 0.478 e. The minimum atomic E-state index is 0.355. The molecule has 74 valence electrons. The van der Waals surface area contributed by atoms with Gasteiger partial charge in [0.15, 0.2) is 5.90 Å². The summed E-state index contributed by atoms with van der Waals surface area (Å²) in [5, 5.41) is 0. The van der Waals surface area contributed by atoms with Crippen LogP contribution in [0.3, 0.4) is 0 Å². The van der Waals surface area contributed by atoms with E-state index >= 15 is 0 Å². The molecular formula is C11H14N2O. The standard InChI is InChI=1S/C11H14N2O/c1-2-9-8-14-11(13-9)7-10-5-3-4-6-12-10/h3-6,9H,2,7-8H2,1H3. The third kappa shape index (κ3) is 2.10. The van der Waals surface area contributed by atoms with E-state index in [0.717, 1.165) is 31.0 Å². The monoisotopic (exact) mass is 190 g/mol. The molecule has 1 aliphatic rings. The Bertz CT molecular complexity index is 321. The maximum absolute atomic E-state index is 5.47. The summed E-state index contributed by atoms with van der Waals surface area (Å²) in [4.78, 5) is 8.69. The fourth-order valence-corrected chi connectivity index (χ4v) is 1.43. The molecule has 2 heterocycles. The van der Waals surface area contributed by atoms with Gasteiger partial charge in [-0.2, -0.15) is 0 Å². The van der Waals surface area contributed by atoms with Crippen molar-refractivity contribution in [2.45, 2.75) is 25.8 Å². The topological polar surface area (TPSA) is 34.5 Å². The van der Waals surface area contributed by atoms with Crippen LogP contribution in [0, 0.1) is 0 Å². The van der Waals surface area contributed by atoms with E-state index in [0.29, 0.717) is 6.04 Å². The van der Waals surface area contributed by atoms with Crippen LogP contribution in [0.4, 0.5) is 0 Å². The number of nitrogens with zero attached hydrogens (tertiary/aromatic N) is 2. The predicted octanol–water partition coefficient (Wildman–Crippen LogP) is 1.83. The average molecular weight is 190 g/mol. The van der Waals surface area contributed by atoms with Gasteiger partial charge in [-0.3, -0.25) is 4.98 Å². The van der Waals surface area contributed by atoms with Gasteiger partial charge in [-0.25, -0.2) is 4.99 Å². The molecule has 0 saturated heterocycles.